The molecule has 0 saturated heterocycles. The first kappa shape index (κ1) is 27.1. The molecule has 0 nitrogen and oxygen atoms in total. The van der Waals surface area contributed by atoms with Crippen LogP contribution in [0.4, 0.5) is 0 Å². The summed E-state index contributed by atoms with van der Waals surface area (Å²) in [7, 11) is 0. The monoisotopic (exact) mass is 482 g/mol. The van der Waals surface area contributed by atoms with Gasteiger partial charge in [0.2, 0.25) is 0 Å². The lowest BCUT2D eigenvalue weighted by molar-refractivity contribution is 0.615. The fraction of sp³-hybridized carbons (Fsp3) is 0.382. The third kappa shape index (κ3) is 8.58. The molecule has 0 N–H and O–H groups in total. The number of fused-ring (bicyclic) bond motifs is 1. The third-order valence-corrected chi connectivity index (χ3v) is 7.16. The highest BCUT2D eigenvalue weighted by Crippen LogP contribution is 2.22. The smallest absolute Gasteiger partial charge is 0.0124 e. The van der Waals surface area contributed by atoms with Gasteiger partial charge >= 0.3 is 0 Å². The summed E-state index contributed by atoms with van der Waals surface area (Å²) < 4.78 is 0. The number of rotatable bonds is 12. The maximum absolute atomic E-state index is 5.20. The molecule has 0 bridgehead atoms. The second-order valence-corrected chi connectivity index (χ2v) is 10.8. The molecule has 0 heterocycles. The van der Waals surface area contributed by atoms with Crippen LogP contribution < -0.4 is 10.4 Å². The molecule has 1 atom stereocenters. The van der Waals surface area contributed by atoms with Gasteiger partial charge in [-0.25, -0.2) is 0 Å². The number of thiocarbonyl (C=S) groups is 1. The van der Waals surface area contributed by atoms with E-state index in [1.54, 1.807) is 5.57 Å². The molecule has 35 heavy (non-hydrogen) atoms. The topological polar surface area (TPSA) is 0 Å². The van der Waals surface area contributed by atoms with Gasteiger partial charge in [-0.2, -0.15) is 0 Å². The highest BCUT2D eigenvalue weighted by molar-refractivity contribution is 7.80. The van der Waals surface area contributed by atoms with Crippen molar-refractivity contribution in [1.29, 1.82) is 0 Å². The second-order valence-electron chi connectivity index (χ2n) is 10.2. The summed E-state index contributed by atoms with van der Waals surface area (Å²) >= 11 is 5.20. The van der Waals surface area contributed by atoms with Crippen LogP contribution in [0, 0.1) is 5.92 Å². The number of hydrogen-bond donors (Lipinski definition) is 0. The third-order valence-electron chi connectivity index (χ3n) is 7.04. The van der Waals surface area contributed by atoms with E-state index >= 15 is 0 Å². The van der Waals surface area contributed by atoms with Crippen molar-refractivity contribution in [2.75, 3.05) is 0 Å². The average molecular weight is 483 g/mol. The first-order valence-corrected chi connectivity index (χ1v) is 13.7. The average Bonchev–Trinajstić information content (AvgIpc) is 2.84. The number of unbranched alkanes of at least 4 members (excludes halogenated alkanes) is 1. The van der Waals surface area contributed by atoms with E-state index in [2.05, 4.69) is 94.1 Å². The van der Waals surface area contributed by atoms with E-state index in [9.17, 15) is 0 Å². The highest BCUT2D eigenvalue weighted by atomic mass is 32.1. The predicted octanol–water partition coefficient (Wildman–Crippen LogP) is 8.32. The van der Waals surface area contributed by atoms with Crippen molar-refractivity contribution in [3.8, 4) is 0 Å². The zero-order chi connectivity index (χ0) is 25.2. The Morgan fingerprint density at radius 2 is 1.71 bits per heavy atom. The van der Waals surface area contributed by atoms with Crippen molar-refractivity contribution in [3.63, 3.8) is 0 Å². The van der Waals surface area contributed by atoms with Gasteiger partial charge in [0.25, 0.3) is 0 Å². The summed E-state index contributed by atoms with van der Waals surface area (Å²) in [6.07, 6.45) is 18.7. The molecule has 2 aromatic rings. The van der Waals surface area contributed by atoms with E-state index in [4.69, 9.17) is 12.2 Å². The summed E-state index contributed by atoms with van der Waals surface area (Å²) in [4.78, 5) is 0.917. The molecule has 1 aliphatic carbocycles. The molecule has 0 radical (unpaired) electrons. The molecule has 0 amide bonds. The van der Waals surface area contributed by atoms with Gasteiger partial charge in [-0.15, -0.1) is 0 Å². The van der Waals surface area contributed by atoms with Crippen molar-refractivity contribution < 1.29 is 0 Å². The Balaban J connectivity index is 1.58. The van der Waals surface area contributed by atoms with Crippen molar-refractivity contribution in [1.82, 2.24) is 0 Å². The summed E-state index contributed by atoms with van der Waals surface area (Å²) in [5, 5.41) is 2.79. The first-order valence-electron chi connectivity index (χ1n) is 13.3. The first-order chi connectivity index (χ1) is 16.9. The lowest BCUT2D eigenvalue weighted by atomic mass is 9.89. The van der Waals surface area contributed by atoms with E-state index in [0.29, 0.717) is 5.92 Å². The summed E-state index contributed by atoms with van der Waals surface area (Å²) in [5.41, 5.74) is 8.00. The van der Waals surface area contributed by atoms with E-state index in [-0.39, 0.29) is 0 Å². The van der Waals surface area contributed by atoms with E-state index in [0.717, 1.165) is 24.1 Å². The molecule has 0 aromatic heterocycles. The van der Waals surface area contributed by atoms with Crippen molar-refractivity contribution in [2.45, 2.75) is 79.1 Å². The zero-order valence-electron chi connectivity index (χ0n) is 22.2. The Hall–Kier alpha value is -2.51. The van der Waals surface area contributed by atoms with E-state index in [1.807, 2.05) is 6.92 Å². The highest BCUT2D eigenvalue weighted by Gasteiger charge is 2.10. The fourth-order valence-corrected chi connectivity index (χ4v) is 5.14. The van der Waals surface area contributed by atoms with Crippen LogP contribution in [0.25, 0.3) is 17.7 Å². The predicted molar refractivity (Wildman–Crippen MR) is 160 cm³/mol. The molecule has 0 saturated carbocycles. The second kappa shape index (κ2) is 13.5. The van der Waals surface area contributed by atoms with Crippen LogP contribution in [0.5, 0.6) is 0 Å². The van der Waals surface area contributed by atoms with Gasteiger partial charge in [0.1, 0.15) is 0 Å². The van der Waals surface area contributed by atoms with Gasteiger partial charge in [0.15, 0.2) is 0 Å². The molecule has 0 spiro atoms. The van der Waals surface area contributed by atoms with Crippen LogP contribution in [0.3, 0.4) is 0 Å². The Kier molecular flexibility index (Phi) is 10.5. The minimum atomic E-state index is 0.661. The van der Waals surface area contributed by atoms with Gasteiger partial charge < -0.3 is 0 Å². The van der Waals surface area contributed by atoms with Crippen LogP contribution in [-0.4, -0.2) is 4.86 Å². The lowest BCUT2D eigenvalue weighted by Gasteiger charge is -2.16. The molecule has 1 heteroatoms. The van der Waals surface area contributed by atoms with Crippen molar-refractivity contribution in [2.24, 2.45) is 5.92 Å². The van der Waals surface area contributed by atoms with Crippen LogP contribution >= 0.6 is 12.2 Å². The van der Waals surface area contributed by atoms with Crippen LogP contribution in [-0.2, 0) is 12.8 Å². The minimum absolute atomic E-state index is 0.661. The van der Waals surface area contributed by atoms with Crippen LogP contribution in [0.1, 0.15) is 82.9 Å². The van der Waals surface area contributed by atoms with Crippen molar-refractivity contribution >= 4 is 34.8 Å². The number of benzene rings is 2. The number of allylic oxidation sites excluding steroid dienone is 5. The zero-order valence-corrected chi connectivity index (χ0v) is 23.0. The largest absolute Gasteiger partial charge is 0.0992 e. The van der Waals surface area contributed by atoms with Gasteiger partial charge in [-0.05, 0) is 110 Å². The van der Waals surface area contributed by atoms with Crippen LogP contribution in [0.2, 0.25) is 0 Å². The molecular formula is C34H42S. The normalized spacial score (nSPS) is 15.7. The molecule has 3 rings (SSSR count). The Bertz CT molecular complexity index is 1200. The van der Waals surface area contributed by atoms with Gasteiger partial charge in [0.05, 0.1) is 0 Å². The van der Waals surface area contributed by atoms with Crippen molar-refractivity contribution in [3.05, 3.63) is 99.5 Å². The fourth-order valence-electron chi connectivity index (χ4n) is 4.97. The summed E-state index contributed by atoms with van der Waals surface area (Å²) in [6.45, 7) is 12.9. The lowest BCUT2D eigenvalue weighted by Crippen LogP contribution is -2.29. The Morgan fingerprint density at radius 1 is 1.00 bits per heavy atom. The molecule has 2 aromatic carbocycles. The molecule has 1 aliphatic rings. The van der Waals surface area contributed by atoms with Gasteiger partial charge in [0, 0.05) is 4.86 Å². The maximum Gasteiger partial charge on any atom is 0.0124 e. The standard InChI is InChI=1S/C34H42S/c1-6-8-9-28(7-2)10-11-30-14-18-34-24-31(15-19-33(34)23-30)21-25(3)20-29-12-16-32(17-13-29)26(4)22-27(5)35/h7,12-13,15-19,22-24,30H,3,6,8-11,14,20-21H2,1-2,4-5H3/b26-22+,28-7-. The Labute approximate surface area is 218 Å². The minimum Gasteiger partial charge on any atom is -0.0992 e. The molecule has 0 fully saturated rings. The van der Waals surface area contributed by atoms with Crippen LogP contribution in [0.15, 0.2) is 72.3 Å². The summed E-state index contributed by atoms with van der Waals surface area (Å²) in [6, 6.07) is 15.8. The molecular weight excluding hydrogens is 440 g/mol. The Morgan fingerprint density at radius 3 is 2.40 bits per heavy atom. The quantitative estimate of drug-likeness (QED) is 0.166. The van der Waals surface area contributed by atoms with Gasteiger partial charge in [-0.3, -0.25) is 0 Å². The molecule has 0 aliphatic heterocycles. The van der Waals surface area contributed by atoms with E-state index < -0.39 is 0 Å². The maximum atomic E-state index is 5.20. The van der Waals surface area contributed by atoms with Gasteiger partial charge in [-0.1, -0.05) is 104 Å². The SMILES string of the molecule is C=C(Cc1ccc(/C(C)=C/C(C)=S)cc1)Cc1ccc2c(c1)=CCC(CC/C(=C\C)CCCC)C=2. The number of hydrogen-bond acceptors (Lipinski definition) is 1. The summed E-state index contributed by atoms with van der Waals surface area (Å²) in [5.74, 6) is 0.661. The molecule has 1 unspecified atom stereocenters. The molecule has 184 valence electrons. The van der Waals surface area contributed by atoms with E-state index in [1.165, 1.54) is 70.4 Å².